The molecule has 7 nitrogen and oxygen atoms in total. The van der Waals surface area contributed by atoms with E-state index in [0.29, 0.717) is 17.9 Å². The number of ether oxygens (including phenoxy) is 1. The van der Waals surface area contributed by atoms with Crippen molar-refractivity contribution in [3.63, 3.8) is 0 Å². The lowest BCUT2D eigenvalue weighted by molar-refractivity contribution is 0.379. The molecule has 106 valence electrons. The van der Waals surface area contributed by atoms with Crippen LogP contribution in [0.4, 0.5) is 11.9 Å². The van der Waals surface area contributed by atoms with Crippen molar-refractivity contribution in [1.29, 1.82) is 0 Å². The zero-order chi connectivity index (χ0) is 13.7. The normalized spacial score (nSPS) is 22.9. The fraction of sp³-hybridized carbons (Fsp3) is 0.727. The molecule has 0 unspecified atom stereocenters. The molecule has 1 aliphatic rings. The number of anilines is 2. The quantitative estimate of drug-likeness (QED) is 0.549. The Bertz CT molecular complexity index is 388. The van der Waals surface area contributed by atoms with Crippen molar-refractivity contribution in [2.75, 3.05) is 24.1 Å². The highest BCUT2D eigenvalue weighted by Crippen LogP contribution is 2.28. The van der Waals surface area contributed by atoms with Gasteiger partial charge in [0.05, 0.1) is 7.11 Å². The van der Waals surface area contributed by atoms with E-state index in [9.17, 15) is 0 Å². The number of nitrogens with zero attached hydrogens (tertiary/aromatic N) is 3. The summed E-state index contributed by atoms with van der Waals surface area (Å²) >= 11 is 1.95. The number of nitrogen functional groups attached to an aromatic ring is 1. The van der Waals surface area contributed by atoms with Gasteiger partial charge in [0.1, 0.15) is 0 Å². The van der Waals surface area contributed by atoms with Gasteiger partial charge < -0.3 is 10.1 Å². The lowest BCUT2D eigenvalue weighted by Crippen LogP contribution is -2.28. The maximum absolute atomic E-state index is 5.32. The van der Waals surface area contributed by atoms with E-state index in [4.69, 9.17) is 10.6 Å². The van der Waals surface area contributed by atoms with Crippen molar-refractivity contribution in [3.8, 4) is 6.01 Å². The Morgan fingerprint density at radius 2 is 1.84 bits per heavy atom. The maximum Gasteiger partial charge on any atom is 0.322 e. The Hall–Kier alpha value is -1.28. The Kier molecular flexibility index (Phi) is 5.03. The highest BCUT2D eigenvalue weighted by molar-refractivity contribution is 7.99. The molecule has 0 spiro atoms. The van der Waals surface area contributed by atoms with Gasteiger partial charge in [-0.2, -0.15) is 26.7 Å². The summed E-state index contributed by atoms with van der Waals surface area (Å²) < 4.78 is 5.02. The third-order valence-electron chi connectivity index (χ3n) is 3.27. The molecule has 0 saturated heterocycles. The van der Waals surface area contributed by atoms with E-state index in [1.807, 2.05) is 11.8 Å². The second-order valence-corrected chi connectivity index (χ2v) is 5.61. The van der Waals surface area contributed by atoms with E-state index >= 15 is 0 Å². The van der Waals surface area contributed by atoms with Crippen LogP contribution >= 0.6 is 11.8 Å². The topological polar surface area (TPSA) is 98.0 Å². The summed E-state index contributed by atoms with van der Waals surface area (Å²) in [5.41, 5.74) is 2.41. The first kappa shape index (κ1) is 14.1. The number of rotatable bonds is 5. The van der Waals surface area contributed by atoms with Crippen LogP contribution in [0.15, 0.2) is 0 Å². The number of hydrogen-bond acceptors (Lipinski definition) is 8. The predicted molar refractivity (Wildman–Crippen MR) is 77.4 cm³/mol. The average molecular weight is 284 g/mol. The van der Waals surface area contributed by atoms with E-state index in [2.05, 4.69) is 32.0 Å². The molecule has 1 fully saturated rings. The molecular formula is C11H20N6OS. The molecule has 0 amide bonds. The van der Waals surface area contributed by atoms with Gasteiger partial charge in [0.2, 0.25) is 11.9 Å². The summed E-state index contributed by atoms with van der Waals surface area (Å²) in [6, 6.07) is 0.657. The number of thioether (sulfide) groups is 1. The average Bonchev–Trinajstić information content (AvgIpc) is 2.47. The first-order valence-corrected chi connectivity index (χ1v) is 7.60. The molecule has 0 aromatic carbocycles. The zero-order valence-corrected chi connectivity index (χ0v) is 12.0. The van der Waals surface area contributed by atoms with Crippen LogP contribution in [0.3, 0.4) is 0 Å². The standard InChI is InChI=1S/C11H20N6OS/c1-18-11-15-9(14-10(16-11)17-12)13-7-3-5-8(19-2)6-4-7/h7-8H,3-6,12H2,1-2H3,(H2,13,14,15,16,17). The summed E-state index contributed by atoms with van der Waals surface area (Å²) in [7, 11) is 1.52. The fourth-order valence-electron chi connectivity index (χ4n) is 2.20. The minimum Gasteiger partial charge on any atom is -0.467 e. The van der Waals surface area contributed by atoms with E-state index < -0.39 is 0 Å². The monoisotopic (exact) mass is 284 g/mol. The van der Waals surface area contributed by atoms with Gasteiger partial charge in [-0.1, -0.05) is 0 Å². The second-order valence-electron chi connectivity index (χ2n) is 4.47. The molecule has 4 N–H and O–H groups in total. The second kappa shape index (κ2) is 6.76. The van der Waals surface area contributed by atoms with Crippen molar-refractivity contribution in [2.45, 2.75) is 37.0 Å². The Labute approximate surface area is 117 Å². The Morgan fingerprint density at radius 1 is 1.16 bits per heavy atom. The van der Waals surface area contributed by atoms with Crippen molar-refractivity contribution in [3.05, 3.63) is 0 Å². The van der Waals surface area contributed by atoms with Crippen molar-refractivity contribution >= 4 is 23.7 Å². The third-order valence-corrected chi connectivity index (χ3v) is 4.41. The molecule has 0 aliphatic heterocycles. The van der Waals surface area contributed by atoms with Crippen LogP contribution < -0.4 is 21.3 Å². The van der Waals surface area contributed by atoms with Crippen LogP contribution in [-0.4, -0.2) is 39.6 Å². The van der Waals surface area contributed by atoms with Crippen molar-refractivity contribution in [2.24, 2.45) is 5.84 Å². The van der Waals surface area contributed by atoms with Gasteiger partial charge in [0.15, 0.2) is 0 Å². The van der Waals surface area contributed by atoms with E-state index in [0.717, 1.165) is 18.1 Å². The number of methoxy groups -OCH3 is 1. The van der Waals surface area contributed by atoms with Crippen LogP contribution in [0.5, 0.6) is 6.01 Å². The van der Waals surface area contributed by atoms with Crippen LogP contribution in [0.25, 0.3) is 0 Å². The van der Waals surface area contributed by atoms with Crippen LogP contribution in [0, 0.1) is 0 Å². The molecule has 1 saturated carbocycles. The number of nitrogens with two attached hydrogens (primary N) is 1. The minimum atomic E-state index is 0.253. The SMILES string of the molecule is COc1nc(NN)nc(NC2CCC(SC)CC2)n1. The lowest BCUT2D eigenvalue weighted by Gasteiger charge is -2.28. The summed E-state index contributed by atoms with van der Waals surface area (Å²) in [6.45, 7) is 0. The predicted octanol–water partition coefficient (Wildman–Crippen LogP) is 1.25. The van der Waals surface area contributed by atoms with Crippen molar-refractivity contribution in [1.82, 2.24) is 15.0 Å². The molecule has 1 aliphatic carbocycles. The summed E-state index contributed by atoms with van der Waals surface area (Å²) in [5.74, 6) is 6.13. The molecule has 0 radical (unpaired) electrons. The van der Waals surface area contributed by atoms with Crippen LogP contribution in [-0.2, 0) is 0 Å². The van der Waals surface area contributed by atoms with Crippen LogP contribution in [0.2, 0.25) is 0 Å². The highest BCUT2D eigenvalue weighted by atomic mass is 32.2. The molecule has 1 aromatic rings. The Morgan fingerprint density at radius 3 is 2.42 bits per heavy atom. The molecule has 19 heavy (non-hydrogen) atoms. The lowest BCUT2D eigenvalue weighted by atomic mass is 9.95. The minimum absolute atomic E-state index is 0.253. The summed E-state index contributed by atoms with van der Waals surface area (Å²) in [4.78, 5) is 12.3. The third kappa shape index (κ3) is 3.84. The number of hydrazine groups is 1. The van der Waals surface area contributed by atoms with E-state index in [1.54, 1.807) is 0 Å². The summed E-state index contributed by atoms with van der Waals surface area (Å²) in [6.07, 6.45) is 6.89. The molecule has 2 rings (SSSR count). The van der Waals surface area contributed by atoms with Gasteiger partial charge in [-0.25, -0.2) is 5.84 Å². The first-order valence-electron chi connectivity index (χ1n) is 6.31. The molecule has 1 aromatic heterocycles. The fourth-order valence-corrected chi connectivity index (χ4v) is 2.95. The number of hydrogen-bond donors (Lipinski definition) is 3. The van der Waals surface area contributed by atoms with Gasteiger partial charge in [0.25, 0.3) is 0 Å². The number of aromatic nitrogens is 3. The van der Waals surface area contributed by atoms with Gasteiger partial charge in [-0.3, -0.25) is 5.43 Å². The molecular weight excluding hydrogens is 264 g/mol. The highest BCUT2D eigenvalue weighted by Gasteiger charge is 2.21. The smallest absolute Gasteiger partial charge is 0.322 e. The molecule has 1 heterocycles. The van der Waals surface area contributed by atoms with Gasteiger partial charge in [-0.05, 0) is 31.9 Å². The Balaban J connectivity index is 1.99. The van der Waals surface area contributed by atoms with Gasteiger partial charge in [0, 0.05) is 11.3 Å². The van der Waals surface area contributed by atoms with Gasteiger partial charge in [-0.15, -0.1) is 0 Å². The summed E-state index contributed by atoms with van der Waals surface area (Å²) in [5, 5.41) is 4.11. The molecule has 0 bridgehead atoms. The maximum atomic E-state index is 5.32. The first-order chi connectivity index (χ1) is 9.25. The zero-order valence-electron chi connectivity index (χ0n) is 11.2. The van der Waals surface area contributed by atoms with E-state index in [1.165, 1.54) is 20.0 Å². The van der Waals surface area contributed by atoms with Crippen molar-refractivity contribution < 1.29 is 4.74 Å². The number of nitrogens with one attached hydrogen (secondary N) is 2. The van der Waals surface area contributed by atoms with Crippen LogP contribution in [0.1, 0.15) is 25.7 Å². The van der Waals surface area contributed by atoms with E-state index in [-0.39, 0.29) is 6.01 Å². The molecule has 0 atom stereocenters. The molecule has 8 heteroatoms. The largest absolute Gasteiger partial charge is 0.467 e. The van der Waals surface area contributed by atoms with Gasteiger partial charge >= 0.3 is 6.01 Å².